The van der Waals surface area contributed by atoms with Crippen LogP contribution >= 0.6 is 11.8 Å². The molecule has 0 aliphatic heterocycles. The van der Waals surface area contributed by atoms with E-state index in [-0.39, 0.29) is 17.7 Å². The second-order valence-corrected chi connectivity index (χ2v) is 7.24. The highest BCUT2D eigenvalue weighted by atomic mass is 32.2. The molecule has 0 spiro atoms. The normalized spacial score (nSPS) is 15.3. The second-order valence-electron chi connectivity index (χ2n) is 6.30. The van der Waals surface area contributed by atoms with Crippen LogP contribution in [0, 0.1) is 13.8 Å². The van der Waals surface area contributed by atoms with Gasteiger partial charge in [0.05, 0.1) is 5.75 Å². The van der Waals surface area contributed by atoms with Gasteiger partial charge in [0.1, 0.15) is 0 Å². The number of hydrogen-bond acceptors (Lipinski definition) is 6. The Bertz CT molecular complexity index is 784. The smallest absolute Gasteiger partial charge is 0.321 e. The first-order chi connectivity index (χ1) is 12.0. The van der Waals surface area contributed by atoms with Crippen LogP contribution in [0.2, 0.25) is 0 Å². The number of imide groups is 1. The highest BCUT2D eigenvalue weighted by Crippen LogP contribution is 2.19. The lowest BCUT2D eigenvalue weighted by atomic mass is 9.96. The third-order valence-corrected chi connectivity index (χ3v) is 5.12. The molecule has 2 N–H and O–H groups in total. The molecule has 0 radical (unpaired) electrons. The zero-order valence-electron chi connectivity index (χ0n) is 14.4. The number of hydrogen-bond donors (Lipinski definition) is 2. The summed E-state index contributed by atoms with van der Waals surface area (Å²) in [7, 11) is 0. The lowest BCUT2D eigenvalue weighted by Crippen LogP contribution is -2.45. The summed E-state index contributed by atoms with van der Waals surface area (Å²) in [5.74, 6) is 0.245. The third kappa shape index (κ3) is 4.47. The SMILES string of the molecule is Cc1cc(C)n2c(SCC(=O)NC(=O)NC3CCCCC3)nnc2n1. The average Bonchev–Trinajstić information content (AvgIpc) is 2.97. The molecule has 1 fully saturated rings. The van der Waals surface area contributed by atoms with E-state index < -0.39 is 6.03 Å². The van der Waals surface area contributed by atoms with Gasteiger partial charge in [-0.15, -0.1) is 10.2 Å². The summed E-state index contributed by atoms with van der Waals surface area (Å²) in [6.07, 6.45) is 5.43. The standard InChI is InChI=1S/C16H22N6O2S/c1-10-8-11(2)22-14(17-10)20-21-16(22)25-9-13(23)19-15(24)18-12-6-4-3-5-7-12/h8,12H,3-7,9H2,1-2H3,(H2,18,19,23,24). The number of amides is 3. The monoisotopic (exact) mass is 362 g/mol. The lowest BCUT2D eigenvalue weighted by molar-refractivity contribution is -0.117. The molecule has 0 bridgehead atoms. The van der Waals surface area contributed by atoms with Gasteiger partial charge in [-0.1, -0.05) is 31.0 Å². The van der Waals surface area contributed by atoms with Crippen molar-refractivity contribution < 1.29 is 9.59 Å². The van der Waals surface area contributed by atoms with E-state index in [1.165, 1.54) is 18.2 Å². The minimum Gasteiger partial charge on any atom is -0.335 e. The Morgan fingerprint density at radius 1 is 1.24 bits per heavy atom. The Balaban J connectivity index is 1.53. The van der Waals surface area contributed by atoms with Gasteiger partial charge in [0.15, 0.2) is 5.16 Å². The molecule has 25 heavy (non-hydrogen) atoms. The van der Waals surface area contributed by atoms with Crippen molar-refractivity contribution in [2.75, 3.05) is 5.75 Å². The van der Waals surface area contributed by atoms with Crippen molar-refractivity contribution in [3.8, 4) is 0 Å². The Morgan fingerprint density at radius 3 is 2.76 bits per heavy atom. The first kappa shape index (κ1) is 17.7. The van der Waals surface area contributed by atoms with Gasteiger partial charge < -0.3 is 5.32 Å². The zero-order chi connectivity index (χ0) is 17.8. The van der Waals surface area contributed by atoms with Crippen LogP contribution in [0.15, 0.2) is 11.2 Å². The van der Waals surface area contributed by atoms with Gasteiger partial charge in [0.2, 0.25) is 5.91 Å². The fraction of sp³-hybridized carbons (Fsp3) is 0.562. The minimum absolute atomic E-state index is 0.0895. The number of fused-ring (bicyclic) bond motifs is 1. The molecule has 2 aromatic heterocycles. The maximum absolute atomic E-state index is 12.0. The first-order valence-corrected chi connectivity index (χ1v) is 9.44. The van der Waals surface area contributed by atoms with Crippen molar-refractivity contribution >= 4 is 29.5 Å². The molecule has 3 amide bonds. The van der Waals surface area contributed by atoms with Crippen LogP contribution in [0.1, 0.15) is 43.5 Å². The molecule has 0 aromatic carbocycles. The van der Waals surface area contributed by atoms with E-state index in [0.717, 1.165) is 37.1 Å². The van der Waals surface area contributed by atoms with E-state index in [1.807, 2.05) is 19.9 Å². The molecule has 2 heterocycles. The van der Waals surface area contributed by atoms with Gasteiger partial charge in [0.25, 0.3) is 5.78 Å². The van der Waals surface area contributed by atoms with Crippen molar-refractivity contribution in [3.63, 3.8) is 0 Å². The molecule has 0 atom stereocenters. The van der Waals surface area contributed by atoms with Gasteiger partial charge in [-0.25, -0.2) is 9.78 Å². The van der Waals surface area contributed by atoms with Crippen molar-refractivity contribution in [2.24, 2.45) is 0 Å². The maximum atomic E-state index is 12.0. The summed E-state index contributed by atoms with van der Waals surface area (Å²) in [4.78, 5) is 28.2. The summed E-state index contributed by atoms with van der Waals surface area (Å²) < 4.78 is 1.80. The van der Waals surface area contributed by atoms with Crippen LogP contribution in [0.5, 0.6) is 0 Å². The minimum atomic E-state index is -0.419. The maximum Gasteiger partial charge on any atom is 0.321 e. The average molecular weight is 362 g/mol. The summed E-state index contributed by atoms with van der Waals surface area (Å²) in [5, 5.41) is 13.9. The first-order valence-electron chi connectivity index (χ1n) is 8.45. The third-order valence-electron chi connectivity index (χ3n) is 4.19. The Kier molecular flexibility index (Phi) is 5.52. The topological polar surface area (TPSA) is 101 Å². The van der Waals surface area contributed by atoms with E-state index in [1.54, 1.807) is 4.40 Å². The molecule has 1 aliphatic rings. The van der Waals surface area contributed by atoms with Gasteiger partial charge in [-0.05, 0) is 32.8 Å². The molecular weight excluding hydrogens is 340 g/mol. The van der Waals surface area contributed by atoms with Gasteiger partial charge in [-0.3, -0.25) is 14.5 Å². The Labute approximate surface area is 150 Å². The number of carbonyl (C=O) groups excluding carboxylic acids is 2. The van der Waals surface area contributed by atoms with Gasteiger partial charge >= 0.3 is 6.03 Å². The van der Waals surface area contributed by atoms with Crippen molar-refractivity contribution in [1.82, 2.24) is 30.2 Å². The van der Waals surface area contributed by atoms with Crippen molar-refractivity contribution in [1.29, 1.82) is 0 Å². The molecule has 2 aromatic rings. The highest BCUT2D eigenvalue weighted by molar-refractivity contribution is 7.99. The fourth-order valence-corrected chi connectivity index (χ4v) is 3.84. The van der Waals surface area contributed by atoms with E-state index >= 15 is 0 Å². The van der Waals surface area contributed by atoms with Crippen LogP contribution < -0.4 is 10.6 Å². The highest BCUT2D eigenvalue weighted by Gasteiger charge is 2.18. The van der Waals surface area contributed by atoms with E-state index in [0.29, 0.717) is 10.9 Å². The molecular formula is C16H22N6O2S. The zero-order valence-corrected chi connectivity index (χ0v) is 15.2. The summed E-state index contributed by atoms with van der Waals surface area (Å²) >= 11 is 1.23. The number of aryl methyl sites for hydroxylation is 2. The number of rotatable bonds is 4. The van der Waals surface area contributed by atoms with E-state index in [9.17, 15) is 9.59 Å². The van der Waals surface area contributed by atoms with E-state index in [2.05, 4.69) is 25.8 Å². The number of aromatic nitrogens is 4. The Morgan fingerprint density at radius 2 is 2.00 bits per heavy atom. The summed E-state index contributed by atoms with van der Waals surface area (Å²) in [6, 6.07) is 1.68. The predicted octanol–water partition coefficient (Wildman–Crippen LogP) is 1.99. The number of nitrogens with zero attached hydrogens (tertiary/aromatic N) is 4. The van der Waals surface area contributed by atoms with E-state index in [4.69, 9.17) is 0 Å². The molecule has 0 saturated heterocycles. The summed E-state index contributed by atoms with van der Waals surface area (Å²) in [6.45, 7) is 3.83. The number of carbonyl (C=O) groups is 2. The fourth-order valence-electron chi connectivity index (χ4n) is 3.05. The van der Waals surface area contributed by atoms with Crippen LogP contribution in [0.3, 0.4) is 0 Å². The summed E-state index contributed by atoms with van der Waals surface area (Å²) in [5.41, 5.74) is 1.82. The van der Waals surface area contributed by atoms with Crippen molar-refractivity contribution in [3.05, 3.63) is 17.5 Å². The number of urea groups is 1. The number of thioether (sulfide) groups is 1. The predicted molar refractivity (Wildman–Crippen MR) is 94.5 cm³/mol. The van der Waals surface area contributed by atoms with Crippen LogP contribution in [-0.4, -0.2) is 43.3 Å². The molecule has 1 aliphatic carbocycles. The Hall–Kier alpha value is -2.16. The van der Waals surface area contributed by atoms with Gasteiger partial charge in [0, 0.05) is 17.4 Å². The quantitative estimate of drug-likeness (QED) is 0.807. The van der Waals surface area contributed by atoms with Crippen molar-refractivity contribution in [2.45, 2.75) is 57.1 Å². The lowest BCUT2D eigenvalue weighted by Gasteiger charge is -2.22. The molecule has 8 nitrogen and oxygen atoms in total. The van der Waals surface area contributed by atoms with Gasteiger partial charge in [-0.2, -0.15) is 0 Å². The largest absolute Gasteiger partial charge is 0.335 e. The van der Waals surface area contributed by atoms with Crippen LogP contribution in [-0.2, 0) is 4.79 Å². The molecule has 0 unspecified atom stereocenters. The molecule has 3 rings (SSSR count). The second kappa shape index (κ2) is 7.81. The molecule has 134 valence electrons. The van der Waals surface area contributed by atoms with Crippen LogP contribution in [0.4, 0.5) is 4.79 Å². The molecule has 1 saturated carbocycles. The number of nitrogens with one attached hydrogen (secondary N) is 2. The molecule has 9 heteroatoms. The van der Waals surface area contributed by atoms with Crippen LogP contribution in [0.25, 0.3) is 5.78 Å².